The lowest BCUT2D eigenvalue weighted by Crippen LogP contribution is -2.35. The Balaban J connectivity index is 2.84. The molecule has 1 rings (SSSR count). The highest BCUT2D eigenvalue weighted by molar-refractivity contribution is 7.79. The minimum absolute atomic E-state index is 0.0828. The van der Waals surface area contributed by atoms with E-state index in [9.17, 15) is 23.7 Å². The van der Waals surface area contributed by atoms with Gasteiger partial charge in [-0.15, -0.1) is 11.3 Å². The molecule has 1 aromatic heterocycles. The molecule has 0 radical (unpaired) electrons. The molecule has 0 aromatic carbocycles. The number of nitrogens with one attached hydrogen (secondary N) is 3. The van der Waals surface area contributed by atoms with Crippen molar-refractivity contribution in [2.45, 2.75) is 46.0 Å². The zero-order valence-corrected chi connectivity index (χ0v) is 26.1. The molecule has 1 aromatic rings. The SMILES string of the molecule is C=C(NC(=O)c1csc(C(/C=C\CC)=C/C=C(\C)C(=CO)NCCCCCCOS(C)=O)n1)C(=O)NC(=C)C(=O)OC. The summed E-state index contributed by atoms with van der Waals surface area (Å²) in [7, 11) is 1.15. The van der Waals surface area contributed by atoms with Crippen LogP contribution in [0.1, 0.15) is 61.4 Å². The Labute approximate surface area is 253 Å². The molecule has 13 heteroatoms. The van der Waals surface area contributed by atoms with Crippen molar-refractivity contribution >= 4 is 45.8 Å². The monoisotopic (exact) mass is 620 g/mol. The Morgan fingerprint density at radius 2 is 1.83 bits per heavy atom. The van der Waals surface area contributed by atoms with Crippen molar-refractivity contribution in [2.24, 2.45) is 0 Å². The van der Waals surface area contributed by atoms with E-state index in [1.165, 1.54) is 17.6 Å². The standard InChI is InChI=1S/C29H40N4O7S2/c1-7-8-13-23(15-14-20(2)24(18-34)30-16-11-9-10-12-17-40-42(6)38)28-33-25(19-41-28)27(36)31-21(3)26(35)32-22(4)29(37)39-5/h8,13-15,18-19,30,34H,3-4,7,9-12,16-17H2,1-2,5-6H3,(H,31,36)(H,32,35)/b13-8-,20-14+,23-15+,24-18?. The van der Waals surface area contributed by atoms with Gasteiger partial charge < -0.3 is 25.8 Å². The first-order chi connectivity index (χ1) is 20.0. The maximum atomic E-state index is 12.7. The number of nitrogens with zero attached hydrogens (tertiary/aromatic N) is 1. The summed E-state index contributed by atoms with van der Waals surface area (Å²) in [5, 5.41) is 19.7. The molecule has 0 spiro atoms. The van der Waals surface area contributed by atoms with Crippen molar-refractivity contribution in [3.05, 3.63) is 82.5 Å². The van der Waals surface area contributed by atoms with Crippen LogP contribution in [0.3, 0.4) is 0 Å². The highest BCUT2D eigenvalue weighted by Crippen LogP contribution is 2.22. The van der Waals surface area contributed by atoms with E-state index in [0.29, 0.717) is 23.9 Å². The first-order valence-electron chi connectivity index (χ1n) is 13.2. The molecule has 1 atom stereocenters. The van der Waals surface area contributed by atoms with E-state index in [2.05, 4.69) is 38.8 Å². The molecule has 11 nitrogen and oxygen atoms in total. The van der Waals surface area contributed by atoms with Crippen molar-refractivity contribution < 1.29 is 32.6 Å². The number of esters is 1. The quantitative estimate of drug-likeness (QED) is 0.0581. The highest BCUT2D eigenvalue weighted by atomic mass is 32.2. The van der Waals surface area contributed by atoms with E-state index in [1.54, 1.807) is 5.38 Å². The number of methoxy groups -OCH3 is 1. The van der Waals surface area contributed by atoms with Crippen molar-refractivity contribution in [1.82, 2.24) is 20.9 Å². The van der Waals surface area contributed by atoms with Crippen LogP contribution in [0.2, 0.25) is 0 Å². The number of hydrogen-bond acceptors (Lipinski definition) is 10. The smallest absolute Gasteiger partial charge is 0.353 e. The molecule has 0 aliphatic rings. The molecule has 2 amide bonds. The molecule has 0 saturated carbocycles. The fourth-order valence-corrected chi connectivity index (χ4v) is 4.33. The van der Waals surface area contributed by atoms with Crippen molar-refractivity contribution in [1.29, 1.82) is 0 Å². The Hall–Kier alpha value is -3.81. The molecular formula is C29H40N4O7S2. The summed E-state index contributed by atoms with van der Waals surface area (Å²) in [6, 6.07) is 0. The molecule has 0 aliphatic heterocycles. The normalized spacial score (nSPS) is 13.0. The molecule has 0 bridgehead atoms. The van der Waals surface area contributed by atoms with Crippen LogP contribution >= 0.6 is 11.3 Å². The van der Waals surface area contributed by atoms with Crippen molar-refractivity contribution in [3.8, 4) is 0 Å². The maximum Gasteiger partial charge on any atom is 0.353 e. The number of unbranched alkanes of at least 4 members (excludes halogenated alkanes) is 3. The average molecular weight is 621 g/mol. The molecule has 230 valence electrons. The van der Waals surface area contributed by atoms with Crippen LogP contribution in [0.15, 0.2) is 71.8 Å². The summed E-state index contributed by atoms with van der Waals surface area (Å²) in [5.74, 6) is -2.28. The fraction of sp³-hybridized carbons (Fsp3) is 0.379. The van der Waals surface area contributed by atoms with Gasteiger partial charge in [-0.05, 0) is 31.8 Å². The summed E-state index contributed by atoms with van der Waals surface area (Å²) < 4.78 is 20.4. The molecule has 1 heterocycles. The maximum absolute atomic E-state index is 12.7. The number of carbonyl (C=O) groups is 3. The van der Waals surface area contributed by atoms with E-state index < -0.39 is 28.9 Å². The van der Waals surface area contributed by atoms with Crippen LogP contribution in [0, 0.1) is 0 Å². The summed E-state index contributed by atoms with van der Waals surface area (Å²) in [4.78, 5) is 40.7. The topological polar surface area (TPSA) is 156 Å². The van der Waals surface area contributed by atoms with Gasteiger partial charge >= 0.3 is 5.97 Å². The molecule has 0 aliphatic carbocycles. The Bertz CT molecular complexity index is 1260. The number of carbonyl (C=O) groups excluding carboxylic acids is 3. The van der Waals surface area contributed by atoms with Crippen LogP contribution in [0.25, 0.3) is 5.57 Å². The second-order valence-electron chi connectivity index (χ2n) is 8.78. The first kappa shape index (κ1) is 36.2. The van der Waals surface area contributed by atoms with Gasteiger partial charge in [0.1, 0.15) is 22.7 Å². The van der Waals surface area contributed by atoms with E-state index in [1.807, 2.05) is 38.2 Å². The highest BCUT2D eigenvalue weighted by Gasteiger charge is 2.18. The van der Waals surface area contributed by atoms with Gasteiger partial charge in [-0.25, -0.2) is 14.0 Å². The summed E-state index contributed by atoms with van der Waals surface area (Å²) in [6.45, 7) is 11.9. The van der Waals surface area contributed by atoms with Gasteiger partial charge in [-0.3, -0.25) is 13.8 Å². The second kappa shape index (κ2) is 20.1. The molecule has 1 unspecified atom stereocenters. The van der Waals surface area contributed by atoms with Crippen LogP contribution in [0.4, 0.5) is 0 Å². The predicted molar refractivity (Wildman–Crippen MR) is 166 cm³/mol. The average Bonchev–Trinajstić information content (AvgIpc) is 3.46. The van der Waals surface area contributed by atoms with Crippen LogP contribution in [-0.2, 0) is 29.6 Å². The Kier molecular flexibility index (Phi) is 17.4. The van der Waals surface area contributed by atoms with E-state index >= 15 is 0 Å². The third-order valence-corrected chi connectivity index (χ3v) is 6.84. The summed E-state index contributed by atoms with van der Waals surface area (Å²) >= 11 is 0.0198. The number of thiazole rings is 1. The third kappa shape index (κ3) is 13.7. The summed E-state index contributed by atoms with van der Waals surface area (Å²) in [6.07, 6.45) is 14.5. The van der Waals surface area contributed by atoms with Gasteiger partial charge in [0.2, 0.25) is 0 Å². The lowest BCUT2D eigenvalue weighted by Gasteiger charge is -2.10. The van der Waals surface area contributed by atoms with Gasteiger partial charge in [0.05, 0.1) is 25.1 Å². The van der Waals surface area contributed by atoms with Gasteiger partial charge in [0.15, 0.2) is 11.1 Å². The van der Waals surface area contributed by atoms with Gasteiger partial charge in [0.25, 0.3) is 11.8 Å². The Morgan fingerprint density at radius 3 is 2.48 bits per heavy atom. The van der Waals surface area contributed by atoms with Gasteiger partial charge in [-0.2, -0.15) is 0 Å². The Morgan fingerprint density at radius 1 is 1.12 bits per heavy atom. The summed E-state index contributed by atoms with van der Waals surface area (Å²) in [5.41, 5.74) is 1.62. The number of rotatable bonds is 19. The number of hydrogen-bond donors (Lipinski definition) is 4. The minimum atomic E-state index is -1.23. The number of allylic oxidation sites excluding steroid dienone is 6. The lowest BCUT2D eigenvalue weighted by atomic mass is 10.1. The van der Waals surface area contributed by atoms with E-state index in [0.717, 1.165) is 56.6 Å². The van der Waals surface area contributed by atoms with Crippen molar-refractivity contribution in [3.63, 3.8) is 0 Å². The van der Waals surface area contributed by atoms with Crippen LogP contribution in [-0.4, -0.2) is 58.6 Å². The molecule has 42 heavy (non-hydrogen) atoms. The molecular weight excluding hydrogens is 580 g/mol. The number of ether oxygens (including phenoxy) is 1. The minimum Gasteiger partial charge on any atom is -0.513 e. The molecule has 0 fully saturated rings. The number of aliphatic hydroxyl groups is 1. The van der Waals surface area contributed by atoms with E-state index in [-0.39, 0.29) is 17.1 Å². The number of amides is 2. The number of aliphatic hydroxyl groups excluding tert-OH is 1. The van der Waals surface area contributed by atoms with Gasteiger partial charge in [0, 0.05) is 23.8 Å². The van der Waals surface area contributed by atoms with Crippen LogP contribution in [0.5, 0.6) is 0 Å². The fourth-order valence-electron chi connectivity index (χ4n) is 3.17. The van der Waals surface area contributed by atoms with E-state index in [4.69, 9.17) is 4.18 Å². The lowest BCUT2D eigenvalue weighted by molar-refractivity contribution is -0.137. The van der Waals surface area contributed by atoms with Crippen LogP contribution < -0.4 is 16.0 Å². The first-order valence-corrected chi connectivity index (χ1v) is 15.5. The number of aromatic nitrogens is 1. The van der Waals surface area contributed by atoms with Crippen molar-refractivity contribution in [2.75, 3.05) is 26.5 Å². The zero-order chi connectivity index (χ0) is 31.5. The van der Waals surface area contributed by atoms with Gasteiger partial charge in [-0.1, -0.05) is 57.2 Å². The molecule has 0 saturated heterocycles. The second-order valence-corrected chi connectivity index (χ2v) is 10.7. The zero-order valence-electron chi connectivity index (χ0n) is 24.5. The molecule has 4 N–H and O–H groups in total. The third-order valence-electron chi connectivity index (χ3n) is 5.45. The largest absolute Gasteiger partial charge is 0.513 e. The predicted octanol–water partition coefficient (Wildman–Crippen LogP) is 4.34.